The molecule has 8 nitrogen and oxygen atoms in total. The second-order valence-corrected chi connectivity index (χ2v) is 4.55. The van der Waals surface area contributed by atoms with Gasteiger partial charge in [-0.2, -0.15) is 0 Å². The van der Waals surface area contributed by atoms with E-state index in [1.165, 1.54) is 18.3 Å². The van der Waals surface area contributed by atoms with Crippen molar-refractivity contribution in [3.05, 3.63) is 56.9 Å². The molecule has 2 rings (SSSR count). The van der Waals surface area contributed by atoms with Crippen molar-refractivity contribution in [2.75, 3.05) is 5.43 Å². The van der Waals surface area contributed by atoms with E-state index in [0.717, 1.165) is 6.20 Å². The number of hydrazine groups is 1. The third-order valence-electron chi connectivity index (χ3n) is 2.23. The molecule has 0 aliphatic carbocycles. The van der Waals surface area contributed by atoms with Crippen LogP contribution < -0.4 is 10.9 Å². The van der Waals surface area contributed by atoms with E-state index in [1.807, 2.05) is 0 Å². The number of pyridine rings is 2. The molecule has 0 spiro atoms. The van der Waals surface area contributed by atoms with Crippen molar-refractivity contribution < 1.29 is 9.72 Å². The number of carbonyl (C=O) groups is 1. The van der Waals surface area contributed by atoms with Gasteiger partial charge in [-0.05, 0) is 28.1 Å². The molecule has 0 saturated carbocycles. The predicted molar refractivity (Wildman–Crippen MR) is 73.9 cm³/mol. The molecule has 0 aliphatic heterocycles. The minimum absolute atomic E-state index is 0.127. The summed E-state index contributed by atoms with van der Waals surface area (Å²) in [5, 5.41) is 10.5. The summed E-state index contributed by atoms with van der Waals surface area (Å²) < 4.78 is 0.679. The summed E-state index contributed by atoms with van der Waals surface area (Å²) in [5.41, 5.74) is 5.19. The summed E-state index contributed by atoms with van der Waals surface area (Å²) in [7, 11) is 0. The Balaban J connectivity index is 1.98. The van der Waals surface area contributed by atoms with E-state index in [-0.39, 0.29) is 11.5 Å². The van der Waals surface area contributed by atoms with Gasteiger partial charge in [0.25, 0.3) is 11.6 Å². The van der Waals surface area contributed by atoms with E-state index in [2.05, 4.69) is 36.7 Å². The largest absolute Gasteiger partial charge is 0.287 e. The van der Waals surface area contributed by atoms with Gasteiger partial charge in [-0.15, -0.1) is 0 Å². The van der Waals surface area contributed by atoms with E-state index in [1.54, 1.807) is 12.3 Å². The molecule has 0 radical (unpaired) electrons. The smallest absolute Gasteiger partial charge is 0.282 e. The molecule has 2 aromatic heterocycles. The Morgan fingerprint density at radius 2 is 2.10 bits per heavy atom. The highest BCUT2D eigenvalue weighted by molar-refractivity contribution is 9.10. The monoisotopic (exact) mass is 337 g/mol. The lowest BCUT2D eigenvalue weighted by Gasteiger charge is -2.07. The number of amides is 1. The first-order valence-corrected chi connectivity index (χ1v) is 6.13. The number of aromatic nitrogens is 2. The van der Waals surface area contributed by atoms with Crippen LogP contribution in [0, 0.1) is 10.1 Å². The van der Waals surface area contributed by atoms with Crippen molar-refractivity contribution in [2.24, 2.45) is 0 Å². The van der Waals surface area contributed by atoms with Crippen LogP contribution >= 0.6 is 15.9 Å². The molecule has 0 fully saturated rings. The van der Waals surface area contributed by atoms with Crippen LogP contribution in [0.4, 0.5) is 11.5 Å². The third-order valence-corrected chi connectivity index (χ3v) is 2.66. The Bertz CT molecular complexity index is 647. The normalized spacial score (nSPS) is 9.85. The Labute approximate surface area is 121 Å². The molecule has 2 aromatic rings. The van der Waals surface area contributed by atoms with Gasteiger partial charge in [-0.1, -0.05) is 0 Å². The summed E-state index contributed by atoms with van der Waals surface area (Å²) in [6, 6.07) is 4.27. The second-order valence-electron chi connectivity index (χ2n) is 3.63. The van der Waals surface area contributed by atoms with Gasteiger partial charge < -0.3 is 0 Å². The maximum atomic E-state index is 11.8. The predicted octanol–water partition coefficient (Wildman–Crippen LogP) is 1.90. The van der Waals surface area contributed by atoms with Gasteiger partial charge in [0.05, 0.1) is 10.5 Å². The fourth-order valence-corrected chi connectivity index (χ4v) is 1.66. The molecule has 0 unspecified atom stereocenters. The molecule has 0 bridgehead atoms. The van der Waals surface area contributed by atoms with Crippen molar-refractivity contribution >= 4 is 33.3 Å². The van der Waals surface area contributed by atoms with Gasteiger partial charge in [0, 0.05) is 22.9 Å². The second kappa shape index (κ2) is 6.06. The molecule has 0 saturated heterocycles. The Hall–Kier alpha value is -2.55. The highest BCUT2D eigenvalue weighted by Gasteiger charge is 2.08. The summed E-state index contributed by atoms with van der Waals surface area (Å²) >= 11 is 3.21. The highest BCUT2D eigenvalue weighted by Crippen LogP contribution is 2.12. The quantitative estimate of drug-likeness (QED) is 0.651. The standard InChI is InChI=1S/C11H8BrN5O3/c12-8-3-7(4-13-5-8)11(18)16-15-10-2-1-9(6-14-10)17(19)20/h1-6H,(H,14,15)(H,16,18). The van der Waals surface area contributed by atoms with Crippen LogP contribution in [0.25, 0.3) is 0 Å². The van der Waals surface area contributed by atoms with E-state index in [4.69, 9.17) is 0 Å². The van der Waals surface area contributed by atoms with Crippen molar-refractivity contribution in [3.8, 4) is 0 Å². The fourth-order valence-electron chi connectivity index (χ4n) is 1.30. The SMILES string of the molecule is O=C(NNc1ccc([N+](=O)[O-])cn1)c1cncc(Br)c1. The zero-order valence-corrected chi connectivity index (χ0v) is 11.5. The molecule has 0 atom stereocenters. The number of halogens is 1. The molecule has 2 heterocycles. The number of hydrogen-bond donors (Lipinski definition) is 2. The fraction of sp³-hybridized carbons (Fsp3) is 0. The molecule has 1 amide bonds. The summed E-state index contributed by atoms with van der Waals surface area (Å²) in [6.45, 7) is 0. The van der Waals surface area contributed by atoms with Crippen LogP contribution in [0.1, 0.15) is 10.4 Å². The van der Waals surface area contributed by atoms with Crippen molar-refractivity contribution in [1.29, 1.82) is 0 Å². The first-order valence-electron chi connectivity index (χ1n) is 5.33. The number of nitro groups is 1. The number of nitrogens with one attached hydrogen (secondary N) is 2. The van der Waals surface area contributed by atoms with E-state index in [9.17, 15) is 14.9 Å². The lowest BCUT2D eigenvalue weighted by Crippen LogP contribution is -2.29. The minimum atomic E-state index is -0.553. The van der Waals surface area contributed by atoms with Crippen molar-refractivity contribution in [1.82, 2.24) is 15.4 Å². The molecular weight excluding hydrogens is 330 g/mol. The van der Waals surface area contributed by atoms with Crippen molar-refractivity contribution in [2.45, 2.75) is 0 Å². The van der Waals surface area contributed by atoms with Crippen LogP contribution in [0.15, 0.2) is 41.3 Å². The molecule has 0 aliphatic rings. The average molecular weight is 338 g/mol. The maximum absolute atomic E-state index is 11.8. The average Bonchev–Trinajstić information content (AvgIpc) is 2.45. The molecule has 9 heteroatoms. The third kappa shape index (κ3) is 3.48. The van der Waals surface area contributed by atoms with Gasteiger partial charge in [0.1, 0.15) is 12.0 Å². The van der Waals surface area contributed by atoms with Gasteiger partial charge in [0.2, 0.25) is 0 Å². The molecule has 0 aromatic carbocycles. The van der Waals surface area contributed by atoms with E-state index < -0.39 is 10.8 Å². The summed E-state index contributed by atoms with van der Waals surface area (Å²) in [5.74, 6) is -0.120. The molecule has 2 N–H and O–H groups in total. The zero-order valence-electron chi connectivity index (χ0n) is 9.91. The van der Waals surface area contributed by atoms with Crippen LogP contribution in [-0.4, -0.2) is 20.8 Å². The number of carbonyl (C=O) groups excluding carboxylic acids is 1. The number of hydrogen-bond acceptors (Lipinski definition) is 6. The number of rotatable bonds is 4. The van der Waals surface area contributed by atoms with Gasteiger partial charge in [-0.25, -0.2) is 4.98 Å². The van der Waals surface area contributed by atoms with E-state index >= 15 is 0 Å². The number of anilines is 1. The first kappa shape index (κ1) is 13.9. The summed E-state index contributed by atoms with van der Waals surface area (Å²) in [4.78, 5) is 29.3. The Morgan fingerprint density at radius 1 is 1.30 bits per heavy atom. The minimum Gasteiger partial charge on any atom is -0.282 e. The van der Waals surface area contributed by atoms with Crippen LogP contribution in [0.2, 0.25) is 0 Å². The lowest BCUT2D eigenvalue weighted by atomic mass is 10.3. The van der Waals surface area contributed by atoms with Crippen LogP contribution in [0.5, 0.6) is 0 Å². The molecular formula is C11H8BrN5O3. The topological polar surface area (TPSA) is 110 Å². The van der Waals surface area contributed by atoms with Gasteiger partial charge in [-0.3, -0.25) is 30.7 Å². The van der Waals surface area contributed by atoms with Gasteiger partial charge >= 0.3 is 0 Å². The highest BCUT2D eigenvalue weighted by atomic mass is 79.9. The Morgan fingerprint density at radius 3 is 2.70 bits per heavy atom. The molecule has 20 heavy (non-hydrogen) atoms. The lowest BCUT2D eigenvalue weighted by molar-refractivity contribution is -0.385. The summed E-state index contributed by atoms with van der Waals surface area (Å²) in [6.07, 6.45) is 4.06. The van der Waals surface area contributed by atoms with Crippen LogP contribution in [-0.2, 0) is 0 Å². The Kier molecular flexibility index (Phi) is 4.20. The number of nitrogens with zero attached hydrogens (tertiary/aromatic N) is 3. The van der Waals surface area contributed by atoms with Crippen LogP contribution in [0.3, 0.4) is 0 Å². The molecule has 102 valence electrons. The van der Waals surface area contributed by atoms with Crippen molar-refractivity contribution in [3.63, 3.8) is 0 Å². The zero-order chi connectivity index (χ0) is 14.5. The first-order chi connectivity index (χ1) is 9.56. The van der Waals surface area contributed by atoms with Gasteiger partial charge in [0.15, 0.2) is 0 Å². The maximum Gasteiger partial charge on any atom is 0.287 e. The van der Waals surface area contributed by atoms with E-state index in [0.29, 0.717) is 10.0 Å².